The number of carbonyl (C=O) groups excluding carboxylic acids is 1. The summed E-state index contributed by atoms with van der Waals surface area (Å²) >= 11 is 0. The molecule has 102 valence electrons. The van der Waals surface area contributed by atoms with Crippen LogP contribution in [0.3, 0.4) is 0 Å². The van der Waals surface area contributed by atoms with Gasteiger partial charge >= 0.3 is 0 Å². The summed E-state index contributed by atoms with van der Waals surface area (Å²) in [7, 11) is 0. The van der Waals surface area contributed by atoms with Crippen molar-refractivity contribution in [3.05, 3.63) is 23.7 Å². The first-order chi connectivity index (χ1) is 9.17. The van der Waals surface area contributed by atoms with E-state index >= 15 is 0 Å². The molecule has 1 aromatic rings. The van der Waals surface area contributed by atoms with Crippen molar-refractivity contribution in [2.24, 2.45) is 5.92 Å². The highest BCUT2D eigenvalue weighted by molar-refractivity contribution is 5.78. The fourth-order valence-corrected chi connectivity index (χ4v) is 2.66. The first-order valence-corrected chi connectivity index (χ1v) is 6.89. The fraction of sp³-hybridized carbons (Fsp3) is 0.600. The molecule has 1 saturated carbocycles. The summed E-state index contributed by atoms with van der Waals surface area (Å²) in [6, 6.07) is 6.21. The van der Waals surface area contributed by atoms with Crippen LogP contribution in [0.4, 0.5) is 0 Å². The van der Waals surface area contributed by atoms with Crippen LogP contribution in [0.5, 0.6) is 0 Å². The number of hydrogen-bond donors (Lipinski definition) is 1. The first kappa shape index (κ1) is 13.7. The Hall–Kier alpha value is -1.76. The Labute approximate surface area is 113 Å². The van der Waals surface area contributed by atoms with E-state index in [2.05, 4.69) is 11.4 Å². The van der Waals surface area contributed by atoms with Gasteiger partial charge in [-0.3, -0.25) is 4.79 Å². The third kappa shape index (κ3) is 4.13. The number of hydrogen-bond acceptors (Lipinski definition) is 3. The van der Waals surface area contributed by atoms with Crippen molar-refractivity contribution in [1.29, 1.82) is 5.26 Å². The number of nitriles is 1. The highest BCUT2D eigenvalue weighted by atomic mass is 16.3. The molecule has 1 aliphatic rings. The molecule has 0 aliphatic heterocycles. The molecule has 0 spiro atoms. The highest BCUT2D eigenvalue weighted by Crippen LogP contribution is 2.26. The predicted octanol–water partition coefficient (Wildman–Crippen LogP) is 2.72. The molecule has 1 aliphatic carbocycles. The first-order valence-electron chi connectivity index (χ1n) is 6.89. The van der Waals surface area contributed by atoms with Gasteiger partial charge in [0.25, 0.3) is 0 Å². The second-order valence-electron chi connectivity index (χ2n) is 5.34. The molecule has 2 rings (SSSR count). The van der Waals surface area contributed by atoms with Gasteiger partial charge in [-0.1, -0.05) is 0 Å². The zero-order chi connectivity index (χ0) is 13.7. The van der Waals surface area contributed by atoms with Crippen LogP contribution in [-0.2, 0) is 11.2 Å². The summed E-state index contributed by atoms with van der Waals surface area (Å²) < 4.78 is 5.40. The number of furan rings is 1. The van der Waals surface area contributed by atoms with Crippen molar-refractivity contribution >= 4 is 5.91 Å². The summed E-state index contributed by atoms with van der Waals surface area (Å²) in [6.07, 6.45) is 5.00. The fourth-order valence-electron chi connectivity index (χ4n) is 2.66. The maximum Gasteiger partial charge on any atom is 0.227 e. The van der Waals surface area contributed by atoms with Gasteiger partial charge in [0.15, 0.2) is 0 Å². The maximum atomic E-state index is 11.9. The molecule has 0 unspecified atom stereocenters. The molecule has 0 atom stereocenters. The minimum Gasteiger partial charge on any atom is -0.466 e. The smallest absolute Gasteiger partial charge is 0.227 e. The summed E-state index contributed by atoms with van der Waals surface area (Å²) in [4.78, 5) is 11.9. The van der Waals surface area contributed by atoms with Gasteiger partial charge < -0.3 is 9.73 Å². The molecule has 4 heteroatoms. The van der Waals surface area contributed by atoms with Gasteiger partial charge in [-0.15, -0.1) is 0 Å². The molecule has 19 heavy (non-hydrogen) atoms. The molecule has 0 bridgehead atoms. The summed E-state index contributed by atoms with van der Waals surface area (Å²) in [6.45, 7) is 1.87. The van der Waals surface area contributed by atoms with Crippen molar-refractivity contribution < 1.29 is 9.21 Å². The van der Waals surface area contributed by atoms with E-state index in [0.717, 1.165) is 31.4 Å². The monoisotopic (exact) mass is 260 g/mol. The zero-order valence-corrected chi connectivity index (χ0v) is 11.3. The normalized spacial score (nSPS) is 22.7. The Morgan fingerprint density at radius 2 is 2.16 bits per heavy atom. The van der Waals surface area contributed by atoms with Crippen molar-refractivity contribution in [1.82, 2.24) is 5.32 Å². The third-order valence-corrected chi connectivity index (χ3v) is 3.72. The predicted molar refractivity (Wildman–Crippen MR) is 71.3 cm³/mol. The standard InChI is InChI=1S/C15H20N2O2/c1-11-2-7-14(19-11)10-15(18)17-13-5-3-12(4-6-13)8-9-16/h2,7,12-13H,3-6,8,10H2,1H3,(H,17,18). The number of nitrogens with one attached hydrogen (secondary N) is 1. The lowest BCUT2D eigenvalue weighted by molar-refractivity contribution is -0.121. The van der Waals surface area contributed by atoms with Crippen molar-refractivity contribution in [2.45, 2.75) is 51.5 Å². The zero-order valence-electron chi connectivity index (χ0n) is 11.3. The van der Waals surface area contributed by atoms with E-state index in [9.17, 15) is 4.79 Å². The van der Waals surface area contributed by atoms with Crippen molar-refractivity contribution in [3.8, 4) is 6.07 Å². The van der Waals surface area contributed by atoms with E-state index in [0.29, 0.717) is 24.5 Å². The third-order valence-electron chi connectivity index (χ3n) is 3.72. The van der Waals surface area contributed by atoms with E-state index in [4.69, 9.17) is 9.68 Å². The lowest BCUT2D eigenvalue weighted by Crippen LogP contribution is -2.38. The molecule has 4 nitrogen and oxygen atoms in total. The van der Waals surface area contributed by atoms with Gasteiger partial charge in [0, 0.05) is 12.5 Å². The van der Waals surface area contributed by atoms with Crippen LogP contribution >= 0.6 is 0 Å². The topological polar surface area (TPSA) is 66.0 Å². The molecular weight excluding hydrogens is 240 g/mol. The van der Waals surface area contributed by atoms with Crippen molar-refractivity contribution in [2.75, 3.05) is 0 Å². The summed E-state index contributed by atoms with van der Waals surface area (Å²) in [5, 5.41) is 11.7. The van der Waals surface area contributed by atoms with Gasteiger partial charge in [-0.25, -0.2) is 0 Å². The molecule has 1 fully saturated rings. The Bertz CT molecular complexity index is 465. The maximum absolute atomic E-state index is 11.9. The van der Waals surface area contributed by atoms with Crippen LogP contribution in [0.25, 0.3) is 0 Å². The average molecular weight is 260 g/mol. The van der Waals surface area contributed by atoms with Crippen molar-refractivity contribution in [3.63, 3.8) is 0 Å². The van der Waals surface area contributed by atoms with E-state index < -0.39 is 0 Å². The molecule has 1 N–H and O–H groups in total. The Morgan fingerprint density at radius 1 is 1.42 bits per heavy atom. The lowest BCUT2D eigenvalue weighted by atomic mass is 9.84. The SMILES string of the molecule is Cc1ccc(CC(=O)NC2CCC(CC#N)CC2)o1. The van der Waals surface area contributed by atoms with Gasteiger partial charge in [-0.05, 0) is 50.7 Å². The number of amides is 1. The Morgan fingerprint density at radius 3 is 2.74 bits per heavy atom. The van der Waals surface area contributed by atoms with Crippen LogP contribution in [0.15, 0.2) is 16.5 Å². The highest BCUT2D eigenvalue weighted by Gasteiger charge is 2.22. The second kappa shape index (κ2) is 6.42. The van der Waals surface area contributed by atoms with Crippen LogP contribution in [0.1, 0.15) is 43.6 Å². The van der Waals surface area contributed by atoms with Gasteiger partial charge in [0.2, 0.25) is 5.91 Å². The number of nitrogens with zero attached hydrogens (tertiary/aromatic N) is 1. The lowest BCUT2D eigenvalue weighted by Gasteiger charge is -2.27. The molecule has 0 radical (unpaired) electrons. The molecular formula is C15H20N2O2. The van der Waals surface area contributed by atoms with E-state index in [1.54, 1.807) is 0 Å². The van der Waals surface area contributed by atoms with Crippen LogP contribution in [0, 0.1) is 24.2 Å². The van der Waals surface area contributed by atoms with Gasteiger partial charge in [0.05, 0.1) is 12.5 Å². The summed E-state index contributed by atoms with van der Waals surface area (Å²) in [5.74, 6) is 2.09. The van der Waals surface area contributed by atoms with Gasteiger partial charge in [-0.2, -0.15) is 5.26 Å². The van der Waals surface area contributed by atoms with Crippen LogP contribution < -0.4 is 5.32 Å². The molecule has 1 amide bonds. The quantitative estimate of drug-likeness (QED) is 0.905. The number of rotatable bonds is 4. The summed E-state index contributed by atoms with van der Waals surface area (Å²) in [5.41, 5.74) is 0. The average Bonchev–Trinajstić information content (AvgIpc) is 2.77. The number of aryl methyl sites for hydroxylation is 1. The van der Waals surface area contributed by atoms with E-state index in [1.807, 2.05) is 19.1 Å². The second-order valence-corrected chi connectivity index (χ2v) is 5.34. The Kier molecular flexibility index (Phi) is 4.62. The van der Waals surface area contributed by atoms with E-state index in [1.165, 1.54) is 0 Å². The van der Waals surface area contributed by atoms with E-state index in [-0.39, 0.29) is 11.9 Å². The molecule has 1 aromatic heterocycles. The van der Waals surface area contributed by atoms with Crippen LogP contribution in [0.2, 0.25) is 0 Å². The minimum atomic E-state index is 0.0260. The number of carbonyl (C=O) groups is 1. The minimum absolute atomic E-state index is 0.0260. The van der Waals surface area contributed by atoms with Gasteiger partial charge in [0.1, 0.15) is 11.5 Å². The largest absolute Gasteiger partial charge is 0.466 e. The molecule has 0 aromatic carbocycles. The molecule has 0 saturated heterocycles. The van der Waals surface area contributed by atoms with Crippen LogP contribution in [-0.4, -0.2) is 11.9 Å². The Balaban J connectivity index is 1.73. The molecule has 1 heterocycles.